The minimum absolute atomic E-state index is 0.0519. The lowest BCUT2D eigenvalue weighted by molar-refractivity contribution is -0.123. The highest BCUT2D eigenvalue weighted by Crippen LogP contribution is 2.32. The lowest BCUT2D eigenvalue weighted by Crippen LogP contribution is -2.47. The quantitative estimate of drug-likeness (QED) is 0.179. The Balaban J connectivity index is 1.75. The van der Waals surface area contributed by atoms with Crippen LogP contribution in [0.1, 0.15) is 25.0 Å². The smallest absolute Gasteiger partial charge is 0.407 e. The van der Waals surface area contributed by atoms with E-state index in [2.05, 4.69) is 20.8 Å². The number of aromatic nitrogens is 1. The van der Waals surface area contributed by atoms with Crippen molar-refractivity contribution in [3.63, 3.8) is 0 Å². The van der Waals surface area contributed by atoms with Crippen LogP contribution in [0.2, 0.25) is 0 Å². The number of aromatic amines is 1. The maximum atomic E-state index is 12.9. The first-order valence-corrected chi connectivity index (χ1v) is 11.5. The molecule has 0 aliphatic rings. The number of nitrogens with zero attached hydrogens (tertiary/aromatic N) is 1. The first-order valence-electron chi connectivity index (χ1n) is 10.4. The van der Waals surface area contributed by atoms with E-state index < -0.39 is 18.0 Å². The number of fused-ring (bicyclic) bond motifs is 1. The summed E-state index contributed by atoms with van der Waals surface area (Å²) in [5.41, 5.74) is 4.91. The second-order valence-electron chi connectivity index (χ2n) is 7.00. The molecule has 0 spiro atoms. The van der Waals surface area contributed by atoms with Crippen molar-refractivity contribution in [3.8, 4) is 11.5 Å². The fourth-order valence-electron chi connectivity index (χ4n) is 3.23. The van der Waals surface area contributed by atoms with Crippen LogP contribution in [0.25, 0.3) is 10.9 Å². The normalized spacial score (nSPS) is 12.0. The average Bonchev–Trinajstić information content (AvgIpc) is 3.20. The van der Waals surface area contributed by atoms with Gasteiger partial charge in [0.1, 0.15) is 6.04 Å². The molecular formula is C23H25IN4O5. The Bertz CT molecular complexity index is 1160. The van der Waals surface area contributed by atoms with Gasteiger partial charge in [-0.05, 0) is 65.8 Å². The fraction of sp³-hybridized carbons (Fsp3) is 0.261. The SMILES string of the molecule is CCOC(=O)N[C@H](Cc1c[nH]c2ccccc12)C(=O)N/N=C\c1cc(I)c(O)c(OCC)c1. The molecule has 0 saturated carbocycles. The van der Waals surface area contributed by atoms with Gasteiger partial charge in [0.05, 0.1) is 23.0 Å². The molecule has 174 valence electrons. The molecule has 1 aromatic heterocycles. The predicted molar refractivity (Wildman–Crippen MR) is 134 cm³/mol. The summed E-state index contributed by atoms with van der Waals surface area (Å²) in [5.74, 6) is -0.113. The number of ether oxygens (including phenoxy) is 2. The number of hydrogen-bond donors (Lipinski definition) is 4. The van der Waals surface area contributed by atoms with Crippen LogP contribution in [0.3, 0.4) is 0 Å². The lowest BCUT2D eigenvalue weighted by Gasteiger charge is -2.16. The van der Waals surface area contributed by atoms with Gasteiger partial charge in [0.2, 0.25) is 0 Å². The number of aromatic hydroxyl groups is 1. The van der Waals surface area contributed by atoms with E-state index in [-0.39, 0.29) is 18.8 Å². The second-order valence-corrected chi connectivity index (χ2v) is 8.16. The molecule has 9 nitrogen and oxygen atoms in total. The van der Waals surface area contributed by atoms with Gasteiger partial charge >= 0.3 is 6.09 Å². The van der Waals surface area contributed by atoms with Crippen molar-refractivity contribution in [2.45, 2.75) is 26.3 Å². The maximum Gasteiger partial charge on any atom is 0.407 e. The third-order valence-corrected chi connectivity index (χ3v) is 5.54. The van der Waals surface area contributed by atoms with Crippen LogP contribution in [-0.4, -0.2) is 47.6 Å². The van der Waals surface area contributed by atoms with Crippen LogP contribution in [0.5, 0.6) is 11.5 Å². The third-order valence-electron chi connectivity index (χ3n) is 4.72. The highest BCUT2D eigenvalue weighted by Gasteiger charge is 2.23. The van der Waals surface area contributed by atoms with Crippen LogP contribution >= 0.6 is 22.6 Å². The van der Waals surface area contributed by atoms with E-state index in [1.54, 1.807) is 19.1 Å². The molecule has 3 rings (SSSR count). The van der Waals surface area contributed by atoms with Crippen molar-refractivity contribution in [3.05, 3.63) is 57.3 Å². The fourth-order valence-corrected chi connectivity index (χ4v) is 3.85. The van der Waals surface area contributed by atoms with Gasteiger partial charge in [-0.3, -0.25) is 4.79 Å². The number of phenolic OH excluding ortho intramolecular Hbond substituents is 1. The molecule has 3 aromatic rings. The number of hydrazone groups is 1. The van der Waals surface area contributed by atoms with Crippen molar-refractivity contribution < 1.29 is 24.2 Å². The number of para-hydroxylation sites is 1. The number of halogens is 1. The number of rotatable bonds is 9. The summed E-state index contributed by atoms with van der Waals surface area (Å²) in [6, 6.07) is 10.1. The number of amides is 2. The van der Waals surface area contributed by atoms with E-state index in [9.17, 15) is 14.7 Å². The largest absolute Gasteiger partial charge is 0.504 e. The lowest BCUT2D eigenvalue weighted by atomic mass is 10.0. The Labute approximate surface area is 204 Å². The molecule has 0 fully saturated rings. The van der Waals surface area contributed by atoms with Crippen molar-refractivity contribution >= 4 is 51.7 Å². The molecule has 2 amide bonds. The molecule has 0 unspecified atom stereocenters. The van der Waals surface area contributed by atoms with Crippen LogP contribution < -0.4 is 15.5 Å². The Morgan fingerprint density at radius 3 is 2.79 bits per heavy atom. The van der Waals surface area contributed by atoms with E-state index in [0.29, 0.717) is 21.5 Å². The Morgan fingerprint density at radius 1 is 1.24 bits per heavy atom. The number of phenols is 1. The zero-order chi connectivity index (χ0) is 23.8. The third kappa shape index (κ3) is 6.37. The van der Waals surface area contributed by atoms with Gasteiger partial charge in [0.15, 0.2) is 11.5 Å². The van der Waals surface area contributed by atoms with Gasteiger partial charge < -0.3 is 24.9 Å². The van der Waals surface area contributed by atoms with E-state index >= 15 is 0 Å². The molecule has 1 atom stereocenters. The molecule has 10 heteroatoms. The van der Waals surface area contributed by atoms with Gasteiger partial charge in [-0.25, -0.2) is 10.2 Å². The van der Waals surface area contributed by atoms with Gasteiger partial charge in [0.25, 0.3) is 5.91 Å². The summed E-state index contributed by atoms with van der Waals surface area (Å²) < 4.78 is 11.0. The number of carbonyl (C=O) groups is 2. The summed E-state index contributed by atoms with van der Waals surface area (Å²) in [5, 5.41) is 17.6. The van der Waals surface area contributed by atoms with Gasteiger partial charge in [-0.1, -0.05) is 18.2 Å². The average molecular weight is 564 g/mol. The van der Waals surface area contributed by atoms with E-state index in [4.69, 9.17) is 9.47 Å². The Kier molecular flexibility index (Phi) is 8.52. The van der Waals surface area contributed by atoms with E-state index in [1.165, 1.54) is 6.21 Å². The summed E-state index contributed by atoms with van der Waals surface area (Å²) >= 11 is 1.99. The van der Waals surface area contributed by atoms with Crippen LogP contribution in [0, 0.1) is 3.57 Å². The zero-order valence-corrected chi connectivity index (χ0v) is 20.4. The number of hydrogen-bond acceptors (Lipinski definition) is 6. The number of carbonyl (C=O) groups excluding carboxylic acids is 2. The van der Waals surface area contributed by atoms with Crippen molar-refractivity contribution in [2.75, 3.05) is 13.2 Å². The van der Waals surface area contributed by atoms with Crippen LogP contribution in [-0.2, 0) is 16.0 Å². The van der Waals surface area contributed by atoms with Crippen LogP contribution in [0.15, 0.2) is 47.7 Å². The summed E-state index contributed by atoms with van der Waals surface area (Å²) in [6.45, 7) is 4.09. The number of alkyl carbamates (subject to hydrolysis) is 1. The number of benzene rings is 2. The van der Waals surface area contributed by atoms with Crippen LogP contribution in [0.4, 0.5) is 4.79 Å². The monoisotopic (exact) mass is 564 g/mol. The topological polar surface area (TPSA) is 125 Å². The molecule has 0 bridgehead atoms. The minimum Gasteiger partial charge on any atom is -0.504 e. The first-order chi connectivity index (χ1) is 15.9. The molecular weight excluding hydrogens is 539 g/mol. The van der Waals surface area contributed by atoms with Gasteiger partial charge in [0, 0.05) is 23.5 Å². The highest BCUT2D eigenvalue weighted by molar-refractivity contribution is 14.1. The molecule has 0 aliphatic carbocycles. The summed E-state index contributed by atoms with van der Waals surface area (Å²) in [4.78, 5) is 28.0. The maximum absolute atomic E-state index is 12.9. The van der Waals surface area contributed by atoms with E-state index in [1.807, 2.05) is 60.0 Å². The highest BCUT2D eigenvalue weighted by atomic mass is 127. The number of H-pyrrole nitrogens is 1. The minimum atomic E-state index is -0.903. The van der Waals surface area contributed by atoms with Crippen molar-refractivity contribution in [1.29, 1.82) is 0 Å². The molecule has 0 aliphatic heterocycles. The van der Waals surface area contributed by atoms with Gasteiger partial charge in [-0.15, -0.1) is 0 Å². The molecule has 4 N–H and O–H groups in total. The molecule has 0 saturated heterocycles. The van der Waals surface area contributed by atoms with Crippen molar-refractivity contribution in [1.82, 2.24) is 15.7 Å². The standard InChI is InChI=1S/C23H25IN4O5/c1-3-32-20-10-14(9-17(24)21(20)29)12-26-28-22(30)19(27-23(31)33-4-2)11-15-13-25-18-8-6-5-7-16(15)18/h5-10,12-13,19,25,29H,3-4,11H2,1-2H3,(H,27,31)(H,28,30)/b26-12-/t19-/m1/s1. The Morgan fingerprint density at radius 2 is 2.03 bits per heavy atom. The molecule has 0 radical (unpaired) electrons. The predicted octanol–water partition coefficient (Wildman–Crippen LogP) is 3.68. The summed E-state index contributed by atoms with van der Waals surface area (Å²) in [6.07, 6.45) is 2.82. The molecule has 33 heavy (non-hydrogen) atoms. The number of nitrogens with one attached hydrogen (secondary N) is 3. The first kappa shape index (κ1) is 24.4. The molecule has 2 aromatic carbocycles. The van der Waals surface area contributed by atoms with Crippen molar-refractivity contribution in [2.24, 2.45) is 5.10 Å². The second kappa shape index (κ2) is 11.5. The zero-order valence-electron chi connectivity index (χ0n) is 18.2. The molecule has 1 heterocycles. The summed E-state index contributed by atoms with van der Waals surface area (Å²) in [7, 11) is 0. The van der Waals surface area contributed by atoms with E-state index in [0.717, 1.165) is 16.5 Å². The Hall–Kier alpha value is -3.28. The van der Waals surface area contributed by atoms with Gasteiger partial charge in [-0.2, -0.15) is 5.10 Å².